The van der Waals surface area contributed by atoms with Crippen molar-refractivity contribution in [2.24, 2.45) is 44.8 Å². The van der Waals surface area contributed by atoms with Gasteiger partial charge in [0.15, 0.2) is 12.1 Å². The van der Waals surface area contributed by atoms with Gasteiger partial charge >= 0.3 is 5.97 Å². The van der Waals surface area contributed by atoms with Crippen molar-refractivity contribution < 1.29 is 54.4 Å². The third-order valence-electron chi connectivity index (χ3n) is 14.7. The van der Waals surface area contributed by atoms with Gasteiger partial charge in [0.1, 0.15) is 36.1 Å². The first-order chi connectivity index (χ1) is 20.9. The smallest absolute Gasteiger partial charge is 0.302 e. The zero-order chi connectivity index (χ0) is 32.9. The summed E-state index contributed by atoms with van der Waals surface area (Å²) in [5.41, 5.74) is -4.11. The SMILES string of the molecule is CC(=O)O[C@@H]1C[C@@]23C[C@@]24CC[C@H](O[C@@H]2OC[C@@H](O)[C@H](O)[C@H]2O)C(C)(C)[C@@H]4CC=C3[C@]2(C)[C@@H](O)[C@]3(O)[C@@H](O)C(=O)C[C@@H](C)[C@@H]3[C@@]12C. The number of ether oxygens (including phenoxy) is 3. The molecule has 16 atom stereocenters. The van der Waals surface area contributed by atoms with Crippen LogP contribution in [0.4, 0.5) is 0 Å². The minimum absolute atomic E-state index is 0.0699. The van der Waals surface area contributed by atoms with Crippen LogP contribution in [0, 0.1) is 44.8 Å². The number of aliphatic hydroxyl groups is 6. The number of fused-ring (bicyclic) bond motifs is 4. The third-order valence-corrected chi connectivity index (χ3v) is 14.7. The van der Waals surface area contributed by atoms with Gasteiger partial charge in [0, 0.05) is 35.5 Å². The van der Waals surface area contributed by atoms with Crippen molar-refractivity contribution in [1.82, 2.24) is 0 Å². The average molecular weight is 635 g/mol. The highest BCUT2D eigenvalue weighted by atomic mass is 16.7. The molecule has 6 aliphatic carbocycles. The topological polar surface area (TPSA) is 183 Å². The summed E-state index contributed by atoms with van der Waals surface area (Å²) in [6.45, 7) is 11.3. The maximum atomic E-state index is 12.9. The van der Waals surface area contributed by atoms with Gasteiger partial charge in [-0.3, -0.25) is 9.59 Å². The Morgan fingerprint density at radius 1 is 1.04 bits per heavy atom. The van der Waals surface area contributed by atoms with E-state index >= 15 is 0 Å². The summed E-state index contributed by atoms with van der Waals surface area (Å²) in [6.07, 6.45) is -3.46. The van der Waals surface area contributed by atoms with Crippen LogP contribution in [0.1, 0.15) is 80.1 Å². The van der Waals surface area contributed by atoms with Crippen LogP contribution in [0.2, 0.25) is 0 Å². The predicted octanol–water partition coefficient (Wildman–Crippen LogP) is 0.993. The fraction of sp³-hybridized carbons (Fsp3) is 0.882. The Hall–Kier alpha value is -1.44. The van der Waals surface area contributed by atoms with Crippen LogP contribution in [0.5, 0.6) is 0 Å². The molecular formula is C34H50O11. The highest BCUT2D eigenvalue weighted by molar-refractivity contribution is 5.86. The summed E-state index contributed by atoms with van der Waals surface area (Å²) in [5, 5.41) is 66.5. The second-order valence-corrected chi connectivity index (χ2v) is 16.7. The van der Waals surface area contributed by atoms with Crippen LogP contribution >= 0.6 is 0 Å². The molecule has 5 saturated carbocycles. The van der Waals surface area contributed by atoms with E-state index in [4.69, 9.17) is 14.2 Å². The Bertz CT molecular complexity index is 1330. The molecule has 6 N–H and O–H groups in total. The van der Waals surface area contributed by atoms with Crippen LogP contribution in [-0.2, 0) is 23.8 Å². The predicted molar refractivity (Wildman–Crippen MR) is 157 cm³/mol. The molecule has 0 aromatic carbocycles. The average Bonchev–Trinajstić information content (AvgIpc) is 3.58. The van der Waals surface area contributed by atoms with Crippen LogP contribution in [0.3, 0.4) is 0 Å². The molecule has 1 heterocycles. The van der Waals surface area contributed by atoms with Gasteiger partial charge in [0.2, 0.25) is 0 Å². The van der Waals surface area contributed by atoms with Crippen molar-refractivity contribution in [1.29, 1.82) is 0 Å². The molecule has 6 fully saturated rings. The second-order valence-electron chi connectivity index (χ2n) is 16.7. The fourth-order valence-corrected chi connectivity index (χ4v) is 12.6. The molecule has 252 valence electrons. The van der Waals surface area contributed by atoms with E-state index in [0.717, 1.165) is 18.4 Å². The van der Waals surface area contributed by atoms with E-state index in [1.807, 2.05) is 20.8 Å². The molecule has 0 radical (unpaired) electrons. The zero-order valence-electron chi connectivity index (χ0n) is 27.1. The van der Waals surface area contributed by atoms with Crippen LogP contribution in [0.25, 0.3) is 0 Å². The van der Waals surface area contributed by atoms with Crippen molar-refractivity contribution in [3.63, 3.8) is 0 Å². The zero-order valence-corrected chi connectivity index (χ0v) is 27.1. The highest BCUT2D eigenvalue weighted by Gasteiger charge is 2.88. The summed E-state index contributed by atoms with van der Waals surface area (Å²) in [5.74, 6) is -1.85. The Kier molecular flexibility index (Phi) is 6.84. The lowest BCUT2D eigenvalue weighted by Crippen LogP contribution is -2.63. The Morgan fingerprint density at radius 2 is 1.73 bits per heavy atom. The van der Waals surface area contributed by atoms with E-state index in [1.54, 1.807) is 0 Å². The maximum absolute atomic E-state index is 12.9. The molecule has 0 unspecified atom stereocenters. The van der Waals surface area contributed by atoms with Gasteiger partial charge in [-0.1, -0.05) is 46.3 Å². The van der Waals surface area contributed by atoms with Crippen molar-refractivity contribution in [2.45, 2.75) is 135 Å². The number of carbonyl (C=O) groups excluding carboxylic acids is 2. The summed E-state index contributed by atoms with van der Waals surface area (Å²) in [6, 6.07) is 0. The molecule has 45 heavy (non-hydrogen) atoms. The maximum Gasteiger partial charge on any atom is 0.302 e. The van der Waals surface area contributed by atoms with E-state index in [2.05, 4.69) is 19.9 Å². The van der Waals surface area contributed by atoms with Crippen molar-refractivity contribution in [3.05, 3.63) is 11.6 Å². The quantitative estimate of drug-likeness (QED) is 0.192. The lowest BCUT2D eigenvalue weighted by Gasteiger charge is -2.62. The number of aliphatic hydroxyl groups excluding tert-OH is 5. The summed E-state index contributed by atoms with van der Waals surface area (Å²) in [7, 11) is 0. The first-order valence-electron chi connectivity index (χ1n) is 16.7. The molecule has 0 amide bonds. The Morgan fingerprint density at radius 3 is 2.40 bits per heavy atom. The first kappa shape index (κ1) is 32.1. The van der Waals surface area contributed by atoms with E-state index in [-0.39, 0.29) is 36.4 Å². The van der Waals surface area contributed by atoms with Crippen molar-refractivity contribution in [3.8, 4) is 0 Å². The lowest BCUT2D eigenvalue weighted by molar-refractivity contribution is -0.301. The van der Waals surface area contributed by atoms with Crippen LogP contribution < -0.4 is 0 Å². The van der Waals surface area contributed by atoms with Crippen LogP contribution in [0.15, 0.2) is 11.6 Å². The molecule has 2 spiro atoms. The molecule has 7 rings (SSSR count). The number of esters is 1. The Balaban J connectivity index is 1.29. The van der Waals surface area contributed by atoms with E-state index < -0.39 is 87.8 Å². The first-order valence-corrected chi connectivity index (χ1v) is 16.7. The van der Waals surface area contributed by atoms with Gasteiger partial charge < -0.3 is 44.8 Å². The number of rotatable bonds is 3. The van der Waals surface area contributed by atoms with Crippen molar-refractivity contribution in [2.75, 3.05) is 6.61 Å². The molecule has 0 bridgehead atoms. The number of ketones is 1. The highest BCUT2D eigenvalue weighted by Crippen LogP contribution is 2.89. The molecular weight excluding hydrogens is 584 g/mol. The fourth-order valence-electron chi connectivity index (χ4n) is 12.6. The Labute approximate surface area is 263 Å². The number of allylic oxidation sites excluding steroid dienone is 1. The molecule has 11 heteroatoms. The normalized spacial score (nSPS) is 57.8. The van der Waals surface area contributed by atoms with Gasteiger partial charge in [-0.2, -0.15) is 0 Å². The van der Waals surface area contributed by atoms with Gasteiger partial charge in [-0.15, -0.1) is 0 Å². The summed E-state index contributed by atoms with van der Waals surface area (Å²) >= 11 is 0. The van der Waals surface area contributed by atoms with E-state index in [9.17, 15) is 40.2 Å². The molecule has 0 aromatic heterocycles. The minimum Gasteiger partial charge on any atom is -0.462 e. The standard InChI is InChI=1S/C34H50O11/c1-15-11-17(36)26(40)34(42)25(15)31(6)22(44-16(2)35)12-33-14-32(33)10-9-21(45-27-24(39)23(38)18(37)13-43-27)29(3,4)19(32)7-8-20(33)30(31,5)28(34)41/h8,15,18-19,21-28,37-42H,7,9-14H2,1-6H3/t15-,18-,19+,21+,22-,23+,24-,25-,26+,27+,28-,30-,31-,32-,33+,34-/m1/s1. The van der Waals surface area contributed by atoms with Crippen molar-refractivity contribution >= 4 is 11.8 Å². The third kappa shape index (κ3) is 3.59. The molecule has 7 aliphatic rings. The molecule has 1 aliphatic heterocycles. The number of hydrogen-bond donors (Lipinski definition) is 6. The summed E-state index contributed by atoms with van der Waals surface area (Å²) < 4.78 is 18.1. The van der Waals surface area contributed by atoms with E-state index in [1.165, 1.54) is 6.92 Å². The summed E-state index contributed by atoms with van der Waals surface area (Å²) in [4.78, 5) is 25.6. The largest absolute Gasteiger partial charge is 0.462 e. The van der Waals surface area contributed by atoms with Gasteiger partial charge in [-0.25, -0.2) is 0 Å². The van der Waals surface area contributed by atoms with Gasteiger partial charge in [-0.05, 0) is 54.8 Å². The number of carbonyl (C=O) groups is 2. The van der Waals surface area contributed by atoms with Gasteiger partial charge in [0.05, 0.1) is 18.8 Å². The lowest BCUT2D eigenvalue weighted by atomic mass is 9.43. The number of hydrogen-bond acceptors (Lipinski definition) is 11. The number of Topliss-reactive ketones (excluding diaryl/α,β-unsaturated/α-hetero) is 1. The van der Waals surface area contributed by atoms with E-state index in [0.29, 0.717) is 19.3 Å². The molecule has 11 nitrogen and oxygen atoms in total. The van der Waals surface area contributed by atoms with Gasteiger partial charge in [0.25, 0.3) is 0 Å². The minimum atomic E-state index is -2.09. The second kappa shape index (κ2) is 9.59. The molecule has 0 aromatic rings. The monoisotopic (exact) mass is 634 g/mol. The van der Waals surface area contributed by atoms with Crippen LogP contribution in [-0.4, -0.2) is 104 Å². The molecule has 1 saturated heterocycles.